The minimum absolute atomic E-state index is 0.103. The molecule has 0 aliphatic carbocycles. The van der Waals surface area contributed by atoms with Crippen molar-refractivity contribution in [1.82, 2.24) is 29.1 Å². The van der Waals surface area contributed by atoms with E-state index >= 15 is 0 Å². The summed E-state index contributed by atoms with van der Waals surface area (Å²) in [6.07, 6.45) is 8.77. The first-order valence-corrected chi connectivity index (χ1v) is 9.98. The molecule has 27 heavy (non-hydrogen) atoms. The molecule has 1 fully saturated rings. The first-order chi connectivity index (χ1) is 13.0. The van der Waals surface area contributed by atoms with Crippen LogP contribution in [0.1, 0.15) is 54.0 Å². The maximum Gasteiger partial charge on any atom is 0.257 e. The standard InChI is InChI=1S/C20H32N6O/c1-5-9-26-16(2)18(14-22-26)20(27)25-10-6-7-17(15-25)19-21-8-11-24(19)13-12-23(3)4/h8,11,14,17H,5-7,9-10,12-13,15H2,1-4H3/t17-/m1/s1. The zero-order valence-corrected chi connectivity index (χ0v) is 17.1. The van der Waals surface area contributed by atoms with E-state index < -0.39 is 0 Å². The number of imidazole rings is 1. The van der Waals surface area contributed by atoms with E-state index in [2.05, 4.69) is 46.8 Å². The molecular formula is C20H32N6O. The summed E-state index contributed by atoms with van der Waals surface area (Å²) < 4.78 is 4.17. The maximum absolute atomic E-state index is 13.1. The van der Waals surface area contributed by atoms with Crippen LogP contribution in [0.15, 0.2) is 18.6 Å². The van der Waals surface area contributed by atoms with E-state index in [9.17, 15) is 4.79 Å². The monoisotopic (exact) mass is 372 g/mol. The fourth-order valence-electron chi connectivity index (χ4n) is 3.81. The molecule has 1 aliphatic heterocycles. The highest BCUT2D eigenvalue weighted by Crippen LogP contribution is 2.27. The SMILES string of the molecule is CCCn1ncc(C(=O)N2CCC[C@@H](c3nccn3CCN(C)C)C2)c1C. The van der Waals surface area contributed by atoms with Gasteiger partial charge in [-0.3, -0.25) is 9.48 Å². The Labute approximate surface area is 162 Å². The fourth-order valence-corrected chi connectivity index (χ4v) is 3.81. The van der Waals surface area contributed by atoms with Crippen LogP contribution in [0, 0.1) is 6.92 Å². The number of piperidine rings is 1. The van der Waals surface area contributed by atoms with Crippen molar-refractivity contribution in [2.24, 2.45) is 0 Å². The van der Waals surface area contributed by atoms with Gasteiger partial charge in [-0.05, 0) is 40.3 Å². The third-order valence-corrected chi connectivity index (χ3v) is 5.38. The number of rotatable bonds is 7. The normalized spacial score (nSPS) is 17.7. The van der Waals surface area contributed by atoms with Gasteiger partial charge in [0.2, 0.25) is 0 Å². The lowest BCUT2D eigenvalue weighted by Gasteiger charge is -2.32. The fraction of sp³-hybridized carbons (Fsp3) is 0.650. The van der Waals surface area contributed by atoms with Crippen LogP contribution >= 0.6 is 0 Å². The quantitative estimate of drug-likeness (QED) is 0.749. The minimum Gasteiger partial charge on any atom is -0.338 e. The van der Waals surface area contributed by atoms with Gasteiger partial charge >= 0.3 is 0 Å². The second-order valence-corrected chi connectivity index (χ2v) is 7.74. The van der Waals surface area contributed by atoms with Gasteiger partial charge in [0.05, 0.1) is 11.8 Å². The van der Waals surface area contributed by atoms with Crippen molar-refractivity contribution < 1.29 is 4.79 Å². The molecule has 2 aromatic heterocycles. The van der Waals surface area contributed by atoms with Crippen LogP contribution in [0.25, 0.3) is 0 Å². The Bertz CT molecular complexity index is 762. The number of carbonyl (C=O) groups is 1. The third kappa shape index (κ3) is 4.40. The Balaban J connectivity index is 1.71. The highest BCUT2D eigenvalue weighted by molar-refractivity contribution is 5.95. The zero-order chi connectivity index (χ0) is 19.4. The van der Waals surface area contributed by atoms with Gasteiger partial charge < -0.3 is 14.4 Å². The van der Waals surface area contributed by atoms with Crippen molar-refractivity contribution >= 4 is 5.91 Å². The molecule has 7 heteroatoms. The van der Waals surface area contributed by atoms with Crippen molar-refractivity contribution in [3.63, 3.8) is 0 Å². The zero-order valence-electron chi connectivity index (χ0n) is 17.1. The number of likely N-dealkylation sites (N-methyl/N-ethyl adjacent to an activating group) is 1. The number of amides is 1. The van der Waals surface area contributed by atoms with E-state index in [4.69, 9.17) is 0 Å². The first kappa shape index (κ1) is 19.6. The molecule has 2 aromatic rings. The summed E-state index contributed by atoms with van der Waals surface area (Å²) in [7, 11) is 4.16. The van der Waals surface area contributed by atoms with E-state index in [1.165, 1.54) is 0 Å². The molecular weight excluding hydrogens is 340 g/mol. The molecule has 3 rings (SSSR count). The molecule has 1 atom stereocenters. The molecule has 0 saturated carbocycles. The minimum atomic E-state index is 0.103. The topological polar surface area (TPSA) is 59.2 Å². The van der Waals surface area contributed by atoms with E-state index in [1.807, 2.05) is 22.7 Å². The highest BCUT2D eigenvalue weighted by atomic mass is 16.2. The smallest absolute Gasteiger partial charge is 0.257 e. The molecule has 1 amide bonds. The Morgan fingerprint density at radius 3 is 2.89 bits per heavy atom. The average molecular weight is 373 g/mol. The molecule has 0 unspecified atom stereocenters. The Morgan fingerprint density at radius 2 is 2.15 bits per heavy atom. The molecule has 3 heterocycles. The van der Waals surface area contributed by atoms with Crippen LogP contribution in [0.2, 0.25) is 0 Å². The van der Waals surface area contributed by atoms with Crippen LogP contribution in [0.3, 0.4) is 0 Å². The predicted molar refractivity (Wildman–Crippen MR) is 106 cm³/mol. The molecule has 0 bridgehead atoms. The highest BCUT2D eigenvalue weighted by Gasteiger charge is 2.29. The Morgan fingerprint density at radius 1 is 1.33 bits per heavy atom. The van der Waals surface area contributed by atoms with Crippen molar-refractivity contribution in [2.75, 3.05) is 33.7 Å². The summed E-state index contributed by atoms with van der Waals surface area (Å²) in [5, 5.41) is 4.39. The summed E-state index contributed by atoms with van der Waals surface area (Å²) in [5.41, 5.74) is 1.71. The molecule has 1 saturated heterocycles. The number of hydrogen-bond donors (Lipinski definition) is 0. The van der Waals surface area contributed by atoms with Gasteiger partial charge in [0.25, 0.3) is 5.91 Å². The molecule has 0 spiro atoms. The van der Waals surface area contributed by atoms with E-state index in [1.54, 1.807) is 6.20 Å². The van der Waals surface area contributed by atoms with Gasteiger partial charge in [0.1, 0.15) is 5.82 Å². The number of likely N-dealkylation sites (tertiary alicyclic amines) is 1. The summed E-state index contributed by atoms with van der Waals surface area (Å²) in [5.74, 6) is 1.50. The van der Waals surface area contributed by atoms with Gasteiger partial charge in [0, 0.05) is 56.7 Å². The van der Waals surface area contributed by atoms with E-state index in [0.717, 1.165) is 69.1 Å². The van der Waals surface area contributed by atoms with E-state index in [0.29, 0.717) is 5.92 Å². The van der Waals surface area contributed by atoms with Crippen molar-refractivity contribution in [1.29, 1.82) is 0 Å². The number of nitrogens with zero attached hydrogens (tertiary/aromatic N) is 6. The lowest BCUT2D eigenvalue weighted by molar-refractivity contribution is 0.0702. The predicted octanol–water partition coefficient (Wildman–Crippen LogP) is 2.38. The third-order valence-electron chi connectivity index (χ3n) is 5.38. The van der Waals surface area contributed by atoms with Crippen molar-refractivity contribution in [3.8, 4) is 0 Å². The molecule has 0 aromatic carbocycles. The van der Waals surface area contributed by atoms with Crippen LogP contribution in [0.5, 0.6) is 0 Å². The molecule has 1 aliphatic rings. The van der Waals surface area contributed by atoms with Crippen LogP contribution < -0.4 is 0 Å². The summed E-state index contributed by atoms with van der Waals surface area (Å²) in [6, 6.07) is 0. The largest absolute Gasteiger partial charge is 0.338 e. The van der Waals surface area contributed by atoms with Gasteiger partial charge in [-0.15, -0.1) is 0 Å². The first-order valence-electron chi connectivity index (χ1n) is 9.98. The lowest BCUT2D eigenvalue weighted by atomic mass is 9.96. The summed E-state index contributed by atoms with van der Waals surface area (Å²) in [6.45, 7) is 8.42. The van der Waals surface area contributed by atoms with Gasteiger partial charge in [0.15, 0.2) is 0 Å². The van der Waals surface area contributed by atoms with Crippen molar-refractivity contribution in [3.05, 3.63) is 35.7 Å². The number of aromatic nitrogens is 4. The summed E-state index contributed by atoms with van der Waals surface area (Å²) in [4.78, 5) is 21.9. The van der Waals surface area contributed by atoms with E-state index in [-0.39, 0.29) is 5.91 Å². The molecule has 148 valence electrons. The van der Waals surface area contributed by atoms with Crippen LogP contribution in [0.4, 0.5) is 0 Å². The van der Waals surface area contributed by atoms with Crippen molar-refractivity contribution in [2.45, 2.75) is 52.1 Å². The Kier molecular flexibility index (Phi) is 6.31. The number of carbonyl (C=O) groups excluding carboxylic acids is 1. The molecule has 0 N–H and O–H groups in total. The summed E-state index contributed by atoms with van der Waals surface area (Å²) >= 11 is 0. The molecule has 7 nitrogen and oxygen atoms in total. The second kappa shape index (κ2) is 8.69. The van der Waals surface area contributed by atoms with Crippen LogP contribution in [-0.2, 0) is 13.1 Å². The average Bonchev–Trinajstić information content (AvgIpc) is 3.27. The van der Waals surface area contributed by atoms with Crippen LogP contribution in [-0.4, -0.2) is 68.8 Å². The second-order valence-electron chi connectivity index (χ2n) is 7.74. The maximum atomic E-state index is 13.1. The van der Waals surface area contributed by atoms with Gasteiger partial charge in [-0.2, -0.15) is 5.10 Å². The van der Waals surface area contributed by atoms with Gasteiger partial charge in [-0.1, -0.05) is 6.92 Å². The number of aryl methyl sites for hydroxylation is 1. The molecule has 0 radical (unpaired) electrons. The number of hydrogen-bond acceptors (Lipinski definition) is 4. The lowest BCUT2D eigenvalue weighted by Crippen LogP contribution is -2.40. The van der Waals surface area contributed by atoms with Gasteiger partial charge in [-0.25, -0.2) is 4.98 Å². The Hall–Kier alpha value is -2.15.